The Bertz CT molecular complexity index is 1060. The van der Waals surface area contributed by atoms with Gasteiger partial charge in [-0.2, -0.15) is 0 Å². The smallest absolute Gasteiger partial charge is 0.277 e. The van der Waals surface area contributed by atoms with E-state index in [4.69, 9.17) is 14.0 Å². The molecule has 8 heteroatoms. The summed E-state index contributed by atoms with van der Waals surface area (Å²) in [6.45, 7) is 3.27. The molecule has 0 unspecified atom stereocenters. The molecule has 0 radical (unpaired) electrons. The van der Waals surface area contributed by atoms with E-state index < -0.39 is 5.91 Å². The van der Waals surface area contributed by atoms with Gasteiger partial charge >= 0.3 is 0 Å². The molecule has 2 amide bonds. The van der Waals surface area contributed by atoms with Crippen molar-refractivity contribution in [2.75, 3.05) is 24.9 Å². The lowest BCUT2D eigenvalue weighted by Gasteiger charge is -2.10. The first-order valence-electron chi connectivity index (χ1n) is 8.80. The molecule has 0 aliphatic carbocycles. The van der Waals surface area contributed by atoms with Crippen LogP contribution in [0.1, 0.15) is 23.0 Å². The highest BCUT2D eigenvalue weighted by molar-refractivity contribution is 6.04. The van der Waals surface area contributed by atoms with Gasteiger partial charge < -0.3 is 24.6 Å². The first kappa shape index (κ1) is 19.9. The summed E-state index contributed by atoms with van der Waals surface area (Å²) < 4.78 is 15.9. The lowest BCUT2D eigenvalue weighted by Crippen LogP contribution is -2.14. The number of nitrogens with one attached hydrogen (secondary N) is 2. The van der Waals surface area contributed by atoms with Gasteiger partial charge in [0.05, 0.1) is 19.8 Å². The number of anilines is 2. The lowest BCUT2D eigenvalue weighted by molar-refractivity contribution is -0.114. The standard InChI is InChI=1S/C21H21N3O5/c1-12-5-6-14(22-13(2)25)9-17(12)23-21(26)18-11-20(29-24-18)16-10-15(27-3)7-8-19(16)28-4/h5-11H,1-4H3,(H,22,25)(H,23,26). The molecule has 0 aliphatic heterocycles. The minimum absolute atomic E-state index is 0.106. The molecule has 0 spiro atoms. The quantitative estimate of drug-likeness (QED) is 0.657. The van der Waals surface area contributed by atoms with Crippen molar-refractivity contribution >= 4 is 23.2 Å². The van der Waals surface area contributed by atoms with Crippen LogP contribution in [0.2, 0.25) is 0 Å². The van der Waals surface area contributed by atoms with Crippen molar-refractivity contribution in [1.29, 1.82) is 0 Å². The fourth-order valence-electron chi connectivity index (χ4n) is 2.74. The Labute approximate surface area is 167 Å². The zero-order chi connectivity index (χ0) is 21.0. The van der Waals surface area contributed by atoms with E-state index in [1.54, 1.807) is 50.6 Å². The van der Waals surface area contributed by atoms with Crippen LogP contribution in [0.25, 0.3) is 11.3 Å². The number of rotatable bonds is 6. The molecule has 0 atom stereocenters. The SMILES string of the molecule is COc1ccc(OC)c(-c2cc(C(=O)Nc3cc(NC(C)=O)ccc3C)no2)c1. The molecule has 2 aromatic carbocycles. The Morgan fingerprint density at radius 1 is 1.00 bits per heavy atom. The Balaban J connectivity index is 1.85. The Kier molecular flexibility index (Phi) is 5.82. The third kappa shape index (κ3) is 4.55. The van der Waals surface area contributed by atoms with E-state index in [1.807, 2.05) is 6.92 Å². The summed E-state index contributed by atoms with van der Waals surface area (Å²) in [6.07, 6.45) is 0. The van der Waals surface area contributed by atoms with Crippen LogP contribution in [0.3, 0.4) is 0 Å². The number of carbonyl (C=O) groups excluding carboxylic acids is 2. The Morgan fingerprint density at radius 3 is 2.48 bits per heavy atom. The van der Waals surface area contributed by atoms with E-state index in [9.17, 15) is 9.59 Å². The van der Waals surface area contributed by atoms with E-state index in [1.165, 1.54) is 13.0 Å². The normalized spacial score (nSPS) is 10.3. The van der Waals surface area contributed by atoms with Gasteiger partial charge in [0.1, 0.15) is 11.5 Å². The van der Waals surface area contributed by atoms with Crippen LogP contribution in [0.15, 0.2) is 47.0 Å². The van der Waals surface area contributed by atoms with Crippen molar-refractivity contribution < 1.29 is 23.6 Å². The lowest BCUT2D eigenvalue weighted by atomic mass is 10.1. The van der Waals surface area contributed by atoms with Crippen LogP contribution in [0, 0.1) is 6.92 Å². The molecular weight excluding hydrogens is 374 g/mol. The maximum Gasteiger partial charge on any atom is 0.277 e. The number of ether oxygens (including phenoxy) is 2. The summed E-state index contributed by atoms with van der Waals surface area (Å²) in [6, 6.07) is 12.0. The van der Waals surface area contributed by atoms with E-state index in [0.717, 1.165) is 5.56 Å². The molecule has 150 valence electrons. The highest BCUT2D eigenvalue weighted by Crippen LogP contribution is 2.34. The molecular formula is C21H21N3O5. The third-order valence-electron chi connectivity index (χ3n) is 4.22. The molecule has 1 heterocycles. The maximum atomic E-state index is 12.6. The number of aryl methyl sites for hydroxylation is 1. The average molecular weight is 395 g/mol. The summed E-state index contributed by atoms with van der Waals surface area (Å²) in [5, 5.41) is 9.34. The summed E-state index contributed by atoms with van der Waals surface area (Å²) in [7, 11) is 3.10. The third-order valence-corrected chi connectivity index (χ3v) is 4.22. The predicted octanol–water partition coefficient (Wildman–Crippen LogP) is 3.88. The second kappa shape index (κ2) is 8.47. The van der Waals surface area contributed by atoms with Gasteiger partial charge in [0.25, 0.3) is 5.91 Å². The molecule has 0 aliphatic rings. The number of hydrogen-bond acceptors (Lipinski definition) is 6. The molecule has 0 saturated heterocycles. The maximum absolute atomic E-state index is 12.6. The number of hydrogen-bond donors (Lipinski definition) is 2. The number of nitrogens with zero attached hydrogens (tertiary/aromatic N) is 1. The zero-order valence-corrected chi connectivity index (χ0v) is 16.5. The van der Waals surface area contributed by atoms with Crippen LogP contribution in [0.4, 0.5) is 11.4 Å². The van der Waals surface area contributed by atoms with Crippen molar-refractivity contribution in [1.82, 2.24) is 5.16 Å². The molecule has 0 fully saturated rings. The first-order valence-corrected chi connectivity index (χ1v) is 8.80. The molecule has 1 aromatic heterocycles. The van der Waals surface area contributed by atoms with Crippen molar-refractivity contribution in [3.8, 4) is 22.8 Å². The minimum Gasteiger partial charge on any atom is -0.497 e. The summed E-state index contributed by atoms with van der Waals surface area (Å²) >= 11 is 0. The van der Waals surface area contributed by atoms with Gasteiger partial charge in [-0.1, -0.05) is 11.2 Å². The zero-order valence-electron chi connectivity index (χ0n) is 16.5. The number of amides is 2. The predicted molar refractivity (Wildman–Crippen MR) is 108 cm³/mol. The average Bonchev–Trinajstić information content (AvgIpc) is 3.19. The molecule has 8 nitrogen and oxygen atoms in total. The van der Waals surface area contributed by atoms with E-state index in [2.05, 4.69) is 15.8 Å². The van der Waals surface area contributed by atoms with Crippen molar-refractivity contribution in [3.63, 3.8) is 0 Å². The van der Waals surface area contributed by atoms with Crippen LogP contribution in [-0.4, -0.2) is 31.2 Å². The number of carbonyl (C=O) groups is 2. The van der Waals surface area contributed by atoms with Crippen LogP contribution >= 0.6 is 0 Å². The van der Waals surface area contributed by atoms with Gasteiger partial charge in [-0.3, -0.25) is 9.59 Å². The Morgan fingerprint density at radius 2 is 1.79 bits per heavy atom. The van der Waals surface area contributed by atoms with E-state index >= 15 is 0 Å². The molecule has 3 aromatic rings. The van der Waals surface area contributed by atoms with Crippen molar-refractivity contribution in [2.45, 2.75) is 13.8 Å². The number of methoxy groups -OCH3 is 2. The fraction of sp³-hybridized carbons (Fsp3) is 0.190. The van der Waals surface area contributed by atoms with Crippen LogP contribution in [-0.2, 0) is 4.79 Å². The fourth-order valence-corrected chi connectivity index (χ4v) is 2.74. The van der Waals surface area contributed by atoms with Gasteiger partial charge in [0.2, 0.25) is 5.91 Å². The molecule has 3 rings (SSSR count). The van der Waals surface area contributed by atoms with E-state index in [0.29, 0.717) is 34.2 Å². The Hall–Kier alpha value is -3.81. The van der Waals surface area contributed by atoms with Gasteiger partial charge in [0, 0.05) is 24.4 Å². The summed E-state index contributed by atoms with van der Waals surface area (Å²) in [5.74, 6) is 0.917. The van der Waals surface area contributed by atoms with Gasteiger partial charge in [-0.15, -0.1) is 0 Å². The molecule has 2 N–H and O–H groups in total. The number of aromatic nitrogens is 1. The summed E-state index contributed by atoms with van der Waals surface area (Å²) in [4.78, 5) is 23.9. The van der Waals surface area contributed by atoms with Crippen molar-refractivity contribution in [3.05, 3.63) is 53.7 Å². The van der Waals surface area contributed by atoms with Crippen LogP contribution in [0.5, 0.6) is 11.5 Å². The highest BCUT2D eigenvalue weighted by Gasteiger charge is 2.18. The molecule has 0 bridgehead atoms. The van der Waals surface area contributed by atoms with Crippen molar-refractivity contribution in [2.24, 2.45) is 0 Å². The highest BCUT2D eigenvalue weighted by atomic mass is 16.5. The number of benzene rings is 2. The first-order chi connectivity index (χ1) is 13.9. The molecule has 0 saturated carbocycles. The monoisotopic (exact) mass is 395 g/mol. The largest absolute Gasteiger partial charge is 0.497 e. The topological polar surface area (TPSA) is 103 Å². The minimum atomic E-state index is -0.440. The van der Waals surface area contributed by atoms with E-state index in [-0.39, 0.29) is 11.6 Å². The van der Waals surface area contributed by atoms with Gasteiger partial charge in [0.15, 0.2) is 11.5 Å². The second-order valence-electron chi connectivity index (χ2n) is 6.31. The second-order valence-corrected chi connectivity index (χ2v) is 6.31. The van der Waals surface area contributed by atoms with Gasteiger partial charge in [-0.25, -0.2) is 0 Å². The summed E-state index contributed by atoms with van der Waals surface area (Å²) in [5.41, 5.74) is 2.70. The molecule has 29 heavy (non-hydrogen) atoms. The van der Waals surface area contributed by atoms with Crippen LogP contribution < -0.4 is 20.1 Å². The van der Waals surface area contributed by atoms with Gasteiger partial charge in [-0.05, 0) is 42.8 Å².